The lowest BCUT2D eigenvalue weighted by atomic mass is 9.97. The lowest BCUT2D eigenvalue weighted by molar-refractivity contribution is -0.126. The second-order valence-electron chi connectivity index (χ2n) is 7.14. The van der Waals surface area contributed by atoms with Gasteiger partial charge >= 0.3 is 0 Å². The van der Waals surface area contributed by atoms with Gasteiger partial charge in [0.2, 0.25) is 21.8 Å². The summed E-state index contributed by atoms with van der Waals surface area (Å²) in [5.41, 5.74) is 0. The summed E-state index contributed by atoms with van der Waals surface area (Å²) < 4.78 is 32.5. The van der Waals surface area contributed by atoms with Crippen molar-refractivity contribution in [3.05, 3.63) is 54.2 Å². The van der Waals surface area contributed by atoms with Crippen LogP contribution < -0.4 is 5.32 Å². The maximum absolute atomic E-state index is 13.0. The van der Waals surface area contributed by atoms with Crippen LogP contribution in [0.2, 0.25) is 0 Å². The zero-order valence-electron chi connectivity index (χ0n) is 16.0. The highest BCUT2D eigenvalue weighted by Gasteiger charge is 2.32. The maximum atomic E-state index is 13.0. The smallest absolute Gasteiger partial charge is 0.246 e. The van der Waals surface area contributed by atoms with Crippen LogP contribution in [0.25, 0.3) is 10.8 Å². The third-order valence-electron chi connectivity index (χ3n) is 5.17. The van der Waals surface area contributed by atoms with Crippen molar-refractivity contribution in [2.45, 2.75) is 31.2 Å². The zero-order valence-corrected chi connectivity index (χ0v) is 16.9. The fourth-order valence-electron chi connectivity index (χ4n) is 3.55. The standard InChI is InChI=1S/C20H22N4O4S/c1-14-22-19(28-23-14)13-21-20(25)16-8-10-24(11-9-16)29(26,27)18-7-6-15-4-2-3-5-17(15)12-18/h2-7,12,16H,8-11,13H2,1H3,(H,21,25). The third-order valence-corrected chi connectivity index (χ3v) is 7.06. The molecule has 1 aliphatic heterocycles. The van der Waals surface area contributed by atoms with Gasteiger partial charge in [-0.3, -0.25) is 4.79 Å². The third kappa shape index (κ3) is 4.15. The minimum absolute atomic E-state index is 0.122. The van der Waals surface area contributed by atoms with Gasteiger partial charge in [0.25, 0.3) is 0 Å². The van der Waals surface area contributed by atoms with Gasteiger partial charge in [-0.1, -0.05) is 35.5 Å². The first kappa shape index (κ1) is 19.5. The van der Waals surface area contributed by atoms with Crippen molar-refractivity contribution in [3.63, 3.8) is 0 Å². The number of hydrogen-bond donors (Lipinski definition) is 1. The van der Waals surface area contributed by atoms with Gasteiger partial charge in [0.1, 0.15) is 0 Å². The van der Waals surface area contributed by atoms with E-state index in [1.807, 2.05) is 30.3 Å². The molecular formula is C20H22N4O4S. The fraction of sp³-hybridized carbons (Fsp3) is 0.350. The summed E-state index contributed by atoms with van der Waals surface area (Å²) in [6, 6.07) is 12.8. The van der Waals surface area contributed by atoms with Crippen LogP contribution in [0, 0.1) is 12.8 Å². The highest BCUT2D eigenvalue weighted by atomic mass is 32.2. The molecule has 3 aromatic rings. The fourth-order valence-corrected chi connectivity index (χ4v) is 5.06. The summed E-state index contributed by atoms with van der Waals surface area (Å²) in [5.74, 6) is 0.513. The van der Waals surface area contributed by atoms with Crippen LogP contribution in [0.15, 0.2) is 51.9 Å². The zero-order chi connectivity index (χ0) is 20.4. The molecule has 0 radical (unpaired) electrons. The summed E-state index contributed by atoms with van der Waals surface area (Å²) in [5, 5.41) is 8.35. The van der Waals surface area contributed by atoms with Gasteiger partial charge in [-0.2, -0.15) is 9.29 Å². The van der Waals surface area contributed by atoms with Crippen LogP contribution in [-0.4, -0.2) is 41.9 Å². The van der Waals surface area contributed by atoms with Crippen molar-refractivity contribution in [3.8, 4) is 0 Å². The summed E-state index contributed by atoms with van der Waals surface area (Å²) in [7, 11) is -3.59. The minimum Gasteiger partial charge on any atom is -0.347 e. The molecule has 1 aromatic heterocycles. The van der Waals surface area contributed by atoms with E-state index in [2.05, 4.69) is 15.5 Å². The molecule has 9 heteroatoms. The van der Waals surface area contributed by atoms with Gasteiger partial charge in [-0.15, -0.1) is 0 Å². The number of hydrogen-bond acceptors (Lipinski definition) is 6. The first-order valence-electron chi connectivity index (χ1n) is 9.49. The van der Waals surface area contributed by atoms with Crippen molar-refractivity contribution in [2.75, 3.05) is 13.1 Å². The van der Waals surface area contributed by atoms with Crippen LogP contribution in [0.3, 0.4) is 0 Å². The average molecular weight is 414 g/mol. The van der Waals surface area contributed by atoms with E-state index in [1.54, 1.807) is 19.1 Å². The number of piperidine rings is 1. The van der Waals surface area contributed by atoms with Crippen molar-refractivity contribution in [2.24, 2.45) is 5.92 Å². The van der Waals surface area contributed by atoms with Gasteiger partial charge in [0.05, 0.1) is 11.4 Å². The van der Waals surface area contributed by atoms with E-state index < -0.39 is 10.0 Å². The number of aromatic nitrogens is 2. The summed E-state index contributed by atoms with van der Waals surface area (Å²) in [4.78, 5) is 16.7. The molecule has 2 heterocycles. The number of fused-ring (bicyclic) bond motifs is 1. The number of aryl methyl sites for hydroxylation is 1. The number of rotatable bonds is 5. The summed E-state index contributed by atoms with van der Waals surface area (Å²) in [6.07, 6.45) is 0.947. The Bertz CT molecular complexity index is 1130. The Kier molecular flexibility index (Phi) is 5.33. The minimum atomic E-state index is -3.59. The van der Waals surface area contributed by atoms with Crippen LogP contribution in [-0.2, 0) is 21.4 Å². The van der Waals surface area contributed by atoms with Gasteiger partial charge in [-0.05, 0) is 42.7 Å². The molecule has 8 nitrogen and oxygen atoms in total. The number of nitrogens with zero attached hydrogens (tertiary/aromatic N) is 3. The Morgan fingerprint density at radius 1 is 1.17 bits per heavy atom. The lowest BCUT2D eigenvalue weighted by Gasteiger charge is -2.30. The first-order chi connectivity index (χ1) is 13.9. The Morgan fingerprint density at radius 2 is 1.90 bits per heavy atom. The molecular weight excluding hydrogens is 392 g/mol. The Morgan fingerprint density at radius 3 is 2.59 bits per heavy atom. The molecule has 1 N–H and O–H groups in total. The molecule has 1 amide bonds. The topological polar surface area (TPSA) is 105 Å². The molecule has 1 fully saturated rings. The highest BCUT2D eigenvalue weighted by molar-refractivity contribution is 7.89. The van der Waals surface area contributed by atoms with Gasteiger partial charge in [0, 0.05) is 19.0 Å². The van der Waals surface area contributed by atoms with Crippen molar-refractivity contribution in [1.29, 1.82) is 0 Å². The molecule has 29 heavy (non-hydrogen) atoms. The molecule has 0 saturated carbocycles. The SMILES string of the molecule is Cc1noc(CNC(=O)C2CCN(S(=O)(=O)c3ccc4ccccc4c3)CC2)n1. The quantitative estimate of drug-likeness (QED) is 0.686. The lowest BCUT2D eigenvalue weighted by Crippen LogP contribution is -2.42. The normalized spacial score (nSPS) is 16.2. The Labute approximate surface area is 169 Å². The van der Waals surface area contributed by atoms with Gasteiger partial charge < -0.3 is 9.84 Å². The van der Waals surface area contributed by atoms with Crippen molar-refractivity contribution >= 4 is 26.7 Å². The summed E-state index contributed by atoms with van der Waals surface area (Å²) >= 11 is 0. The van der Waals surface area contributed by atoms with E-state index in [0.29, 0.717) is 37.6 Å². The number of sulfonamides is 1. The molecule has 2 aromatic carbocycles. The van der Waals surface area contributed by atoms with E-state index in [0.717, 1.165) is 10.8 Å². The van der Waals surface area contributed by atoms with Crippen LogP contribution in [0.1, 0.15) is 24.6 Å². The van der Waals surface area contributed by atoms with Crippen LogP contribution in [0.4, 0.5) is 0 Å². The number of carbonyl (C=O) groups excluding carboxylic acids is 1. The number of amides is 1. The molecule has 152 valence electrons. The van der Waals surface area contributed by atoms with Crippen LogP contribution in [0.5, 0.6) is 0 Å². The predicted octanol–water partition coefficient (Wildman–Crippen LogP) is 2.25. The molecule has 1 saturated heterocycles. The van der Waals surface area contributed by atoms with E-state index in [1.165, 1.54) is 4.31 Å². The van der Waals surface area contributed by atoms with Crippen molar-refractivity contribution in [1.82, 2.24) is 19.8 Å². The molecule has 0 unspecified atom stereocenters. The second-order valence-corrected chi connectivity index (χ2v) is 9.08. The van der Waals surface area contributed by atoms with E-state index >= 15 is 0 Å². The molecule has 0 aliphatic carbocycles. The predicted molar refractivity (Wildman–Crippen MR) is 106 cm³/mol. The number of carbonyl (C=O) groups is 1. The van der Waals surface area contributed by atoms with E-state index in [9.17, 15) is 13.2 Å². The monoisotopic (exact) mass is 414 g/mol. The average Bonchev–Trinajstić information content (AvgIpc) is 3.17. The molecule has 1 aliphatic rings. The maximum Gasteiger partial charge on any atom is 0.246 e. The van der Waals surface area contributed by atoms with Gasteiger partial charge in [0.15, 0.2) is 5.82 Å². The summed E-state index contributed by atoms with van der Waals surface area (Å²) in [6.45, 7) is 2.51. The Hall–Kier alpha value is -2.78. The highest BCUT2D eigenvalue weighted by Crippen LogP contribution is 2.26. The molecule has 0 spiro atoms. The van der Waals surface area contributed by atoms with Crippen molar-refractivity contribution < 1.29 is 17.7 Å². The Balaban J connectivity index is 1.38. The number of benzene rings is 2. The molecule has 0 atom stereocenters. The first-order valence-corrected chi connectivity index (χ1v) is 10.9. The van der Waals surface area contributed by atoms with Crippen LogP contribution >= 0.6 is 0 Å². The number of nitrogens with one attached hydrogen (secondary N) is 1. The van der Waals surface area contributed by atoms with Gasteiger partial charge in [-0.25, -0.2) is 8.42 Å². The largest absolute Gasteiger partial charge is 0.347 e. The molecule has 0 bridgehead atoms. The van der Waals surface area contributed by atoms with E-state index in [4.69, 9.17) is 4.52 Å². The second kappa shape index (κ2) is 7.92. The molecule has 4 rings (SSSR count). The van der Waals surface area contributed by atoms with E-state index in [-0.39, 0.29) is 23.3 Å².